The molecule has 1 fully saturated rings. The summed E-state index contributed by atoms with van der Waals surface area (Å²) in [4.78, 5) is 17.9. The van der Waals surface area contributed by atoms with E-state index in [-0.39, 0.29) is 5.60 Å². The number of Topliss-reactive ketones (excluding diaryl/α,β-unsaturated/α-hetero) is 1. The maximum Gasteiger partial charge on any atom is 0.133 e. The second-order valence-electron chi connectivity index (χ2n) is 9.60. The summed E-state index contributed by atoms with van der Waals surface area (Å²) >= 11 is 0. The number of hydrogen-bond acceptors (Lipinski definition) is 3. The van der Waals surface area contributed by atoms with Crippen molar-refractivity contribution in [3.63, 3.8) is 0 Å². The van der Waals surface area contributed by atoms with Crippen molar-refractivity contribution in [2.75, 3.05) is 20.3 Å². The first-order valence-corrected chi connectivity index (χ1v) is 13.2. The number of terminal acetylenes is 1. The molecule has 6 rings (SSSR count). The van der Waals surface area contributed by atoms with Gasteiger partial charge in [-0.1, -0.05) is 54.5 Å². The van der Waals surface area contributed by atoms with Crippen LogP contribution in [0.5, 0.6) is 0 Å². The number of benzene rings is 2. The van der Waals surface area contributed by atoms with Gasteiger partial charge in [0.25, 0.3) is 0 Å². The Bertz CT molecular complexity index is 1380. The van der Waals surface area contributed by atoms with Crippen molar-refractivity contribution in [2.24, 2.45) is 0 Å². The number of aromatic nitrogens is 2. The van der Waals surface area contributed by atoms with Crippen LogP contribution in [-0.4, -0.2) is 41.7 Å². The fourth-order valence-corrected chi connectivity index (χ4v) is 4.41. The number of rotatable bonds is 6. The van der Waals surface area contributed by atoms with E-state index in [1.807, 2.05) is 48.5 Å². The Balaban J connectivity index is 0.000000140. The quantitative estimate of drug-likeness (QED) is 0.164. The zero-order valence-corrected chi connectivity index (χ0v) is 22.1. The predicted octanol–water partition coefficient (Wildman–Crippen LogP) is 7.21. The monoisotopic (exact) mass is 508 g/mol. The van der Waals surface area contributed by atoms with E-state index in [0.29, 0.717) is 31.8 Å². The first-order valence-electron chi connectivity index (χ1n) is 13.2. The second kappa shape index (κ2) is 13.1. The molecule has 5 nitrogen and oxygen atoms in total. The summed E-state index contributed by atoms with van der Waals surface area (Å²) in [6, 6.07) is 20.4. The second-order valence-corrected chi connectivity index (χ2v) is 9.60. The molecule has 0 bridgehead atoms. The number of ketones is 1. The van der Waals surface area contributed by atoms with Crippen molar-refractivity contribution >= 4 is 33.2 Å². The summed E-state index contributed by atoms with van der Waals surface area (Å²) in [6.45, 7) is 5.07. The molecular formula is C33H36N2O3. The van der Waals surface area contributed by atoms with E-state index in [1.165, 1.54) is 27.6 Å². The van der Waals surface area contributed by atoms with E-state index in [0.717, 1.165) is 36.9 Å². The smallest absolute Gasteiger partial charge is 0.133 e. The van der Waals surface area contributed by atoms with Gasteiger partial charge >= 0.3 is 0 Å². The maximum absolute atomic E-state index is 11.4. The van der Waals surface area contributed by atoms with Crippen molar-refractivity contribution in [1.29, 1.82) is 0 Å². The van der Waals surface area contributed by atoms with Crippen molar-refractivity contribution in [3.05, 3.63) is 90.8 Å². The minimum atomic E-state index is 0.0263. The molecule has 2 aliphatic rings. The Morgan fingerprint density at radius 1 is 0.974 bits per heavy atom. The average Bonchev–Trinajstić information content (AvgIpc) is 3.48. The third kappa shape index (κ3) is 7.35. The molecule has 38 heavy (non-hydrogen) atoms. The summed E-state index contributed by atoms with van der Waals surface area (Å²) in [5.41, 5.74) is 5.58. The largest absolute Gasteiger partial charge is 0.382 e. The molecule has 0 aliphatic heterocycles. The van der Waals surface area contributed by atoms with Crippen molar-refractivity contribution in [2.45, 2.75) is 44.1 Å². The van der Waals surface area contributed by atoms with Gasteiger partial charge < -0.3 is 19.4 Å². The van der Waals surface area contributed by atoms with Gasteiger partial charge in [0.15, 0.2) is 0 Å². The normalized spacial score (nSPS) is 15.8. The molecule has 196 valence electrons. The number of para-hydroxylation sites is 2. The van der Waals surface area contributed by atoms with Gasteiger partial charge in [0.2, 0.25) is 0 Å². The van der Waals surface area contributed by atoms with Gasteiger partial charge in [0.1, 0.15) is 5.78 Å². The Kier molecular flexibility index (Phi) is 9.37. The lowest BCUT2D eigenvalue weighted by molar-refractivity contribution is -0.118. The van der Waals surface area contributed by atoms with E-state index in [2.05, 4.69) is 46.7 Å². The van der Waals surface area contributed by atoms with Gasteiger partial charge in [-0.15, -0.1) is 13.0 Å². The molecule has 4 aromatic rings. The Hall–Kier alpha value is -3.85. The lowest BCUT2D eigenvalue weighted by Crippen LogP contribution is -2.13. The van der Waals surface area contributed by atoms with Crippen LogP contribution in [0.25, 0.3) is 27.4 Å². The van der Waals surface area contributed by atoms with Crippen LogP contribution in [0.2, 0.25) is 0 Å². The molecule has 0 atom stereocenters. The zero-order chi connectivity index (χ0) is 26.8. The molecule has 0 unspecified atom stereocenters. The molecule has 0 spiro atoms. The van der Waals surface area contributed by atoms with Crippen LogP contribution in [0.3, 0.4) is 0 Å². The van der Waals surface area contributed by atoms with Crippen LogP contribution in [0.4, 0.5) is 0 Å². The Morgan fingerprint density at radius 2 is 1.66 bits per heavy atom. The summed E-state index contributed by atoms with van der Waals surface area (Å²) in [6.07, 6.45) is 14.7. The Labute approximate surface area is 224 Å². The van der Waals surface area contributed by atoms with Crippen molar-refractivity contribution < 1.29 is 14.3 Å². The number of hydrogen-bond donors (Lipinski definition) is 2. The number of H-pyrrole nitrogens is 2. The van der Waals surface area contributed by atoms with E-state index in [1.54, 1.807) is 7.11 Å². The minimum Gasteiger partial charge on any atom is -0.382 e. The van der Waals surface area contributed by atoms with Gasteiger partial charge in [-0.2, -0.15) is 0 Å². The fraction of sp³-hybridized carbons (Fsp3) is 0.303. The average molecular weight is 509 g/mol. The van der Waals surface area contributed by atoms with Crippen LogP contribution < -0.4 is 0 Å². The van der Waals surface area contributed by atoms with Crippen LogP contribution in [0, 0.1) is 12.3 Å². The van der Waals surface area contributed by atoms with Crippen molar-refractivity contribution in [1.82, 2.24) is 9.97 Å². The molecular weight excluding hydrogens is 472 g/mol. The SMILES string of the molecule is C#Cc1cc2ccccc2[nH]1.C=CC1(OCCOC)CC1.O=C1CCC=C(c2cc3ccccc3[nH]2)CC1. The number of fused-ring (bicyclic) bond motifs is 2. The maximum atomic E-state index is 11.4. The number of carbonyl (C=O) groups is 1. The van der Waals surface area contributed by atoms with Crippen LogP contribution in [0.15, 0.2) is 79.4 Å². The highest BCUT2D eigenvalue weighted by atomic mass is 16.5. The number of carbonyl (C=O) groups excluding carboxylic acids is 1. The zero-order valence-electron chi connectivity index (χ0n) is 22.1. The fourth-order valence-electron chi connectivity index (χ4n) is 4.41. The number of ether oxygens (including phenoxy) is 2. The molecule has 0 amide bonds. The highest BCUT2D eigenvalue weighted by molar-refractivity contribution is 5.87. The topological polar surface area (TPSA) is 67.1 Å². The number of nitrogens with one attached hydrogen (secondary N) is 2. The third-order valence-electron chi connectivity index (χ3n) is 6.84. The molecule has 1 saturated carbocycles. The first-order chi connectivity index (χ1) is 18.6. The number of allylic oxidation sites excluding steroid dienone is 2. The third-order valence-corrected chi connectivity index (χ3v) is 6.84. The number of aromatic amines is 2. The van der Waals surface area contributed by atoms with Gasteiger partial charge in [0.05, 0.1) is 24.5 Å². The molecule has 0 saturated heterocycles. The van der Waals surface area contributed by atoms with Gasteiger partial charge in [0, 0.05) is 42.1 Å². The summed E-state index contributed by atoms with van der Waals surface area (Å²) in [5, 5.41) is 2.40. The predicted molar refractivity (Wildman–Crippen MR) is 156 cm³/mol. The van der Waals surface area contributed by atoms with Crippen LogP contribution in [0.1, 0.15) is 49.9 Å². The van der Waals surface area contributed by atoms with Crippen LogP contribution in [-0.2, 0) is 14.3 Å². The highest BCUT2D eigenvalue weighted by Crippen LogP contribution is 2.40. The van der Waals surface area contributed by atoms with Crippen LogP contribution >= 0.6 is 0 Å². The molecule has 5 heteroatoms. The molecule has 2 aromatic carbocycles. The van der Waals surface area contributed by atoms with Gasteiger partial charge in [-0.3, -0.25) is 4.79 Å². The number of methoxy groups -OCH3 is 1. The summed E-state index contributed by atoms with van der Waals surface area (Å²) < 4.78 is 10.3. The van der Waals surface area contributed by atoms with E-state index < -0.39 is 0 Å². The Morgan fingerprint density at radius 3 is 2.26 bits per heavy atom. The molecule has 2 N–H and O–H groups in total. The standard InChI is InChI=1S/C15H15NO.C10H7N.C8H14O2/c17-13-6-3-5-11(8-9-13)15-10-12-4-1-2-7-14(12)16-15;1-2-9-7-8-5-3-4-6-10(8)11-9;1-3-8(4-5-8)10-7-6-9-2/h1-2,4-5,7,10,16H,3,6,8-9H2;1,3-7,11H;3H,1,4-7H2,2H3. The first kappa shape index (κ1) is 27.2. The molecule has 0 radical (unpaired) electrons. The van der Waals surface area contributed by atoms with E-state index in [9.17, 15) is 4.79 Å². The highest BCUT2D eigenvalue weighted by Gasteiger charge is 2.40. The van der Waals surface area contributed by atoms with E-state index in [4.69, 9.17) is 15.9 Å². The molecule has 2 heterocycles. The van der Waals surface area contributed by atoms with Gasteiger partial charge in [-0.05, 0) is 60.9 Å². The molecule has 2 aliphatic carbocycles. The van der Waals surface area contributed by atoms with E-state index >= 15 is 0 Å². The van der Waals surface area contributed by atoms with Crippen molar-refractivity contribution in [3.8, 4) is 12.3 Å². The molecule has 2 aromatic heterocycles. The summed E-state index contributed by atoms with van der Waals surface area (Å²) in [7, 11) is 1.68. The van der Waals surface area contributed by atoms with Gasteiger partial charge in [-0.25, -0.2) is 0 Å². The summed E-state index contributed by atoms with van der Waals surface area (Å²) in [5.74, 6) is 2.94. The lowest BCUT2D eigenvalue weighted by atomic mass is 10.1. The minimum absolute atomic E-state index is 0.0263. The lowest BCUT2D eigenvalue weighted by Gasteiger charge is -2.09.